The molecule has 1 unspecified atom stereocenters. The molecule has 0 spiro atoms. The predicted octanol–water partition coefficient (Wildman–Crippen LogP) is 5.05. The highest BCUT2D eigenvalue weighted by Gasteiger charge is 2.09. The monoisotopic (exact) mass is 362 g/mol. The number of carbonyl (C=O) groups excluding carboxylic acids is 1. The molecule has 26 heavy (non-hydrogen) atoms. The van der Waals surface area contributed by atoms with Crippen LogP contribution in [0.1, 0.15) is 57.6 Å². The largest absolute Gasteiger partial charge is 0.497 e. The van der Waals surface area contributed by atoms with Crippen LogP contribution in [0.5, 0.6) is 5.75 Å². The van der Waals surface area contributed by atoms with E-state index >= 15 is 0 Å². The van der Waals surface area contributed by atoms with Crippen LogP contribution in [0.3, 0.4) is 0 Å². The van der Waals surface area contributed by atoms with Crippen LogP contribution in [-0.4, -0.2) is 32.9 Å². The van der Waals surface area contributed by atoms with Crippen LogP contribution in [0.2, 0.25) is 0 Å². The first-order valence-corrected chi connectivity index (χ1v) is 9.73. The van der Waals surface area contributed by atoms with Crippen molar-refractivity contribution in [2.24, 2.45) is 5.92 Å². The van der Waals surface area contributed by atoms with Crippen LogP contribution in [0, 0.1) is 5.92 Å². The van der Waals surface area contributed by atoms with E-state index in [4.69, 9.17) is 14.2 Å². The maximum atomic E-state index is 12.0. The number of esters is 1. The van der Waals surface area contributed by atoms with Crippen LogP contribution in [0.15, 0.2) is 24.3 Å². The summed E-state index contributed by atoms with van der Waals surface area (Å²) >= 11 is 0. The Kier molecular flexibility index (Phi) is 11.5. The van der Waals surface area contributed by atoms with Crippen LogP contribution < -0.4 is 4.74 Å². The SMILES string of the molecule is CCCCC(CC)COC(=O)C=Cc1ccc(OC)cc1CCOCC. The lowest BCUT2D eigenvalue weighted by atomic mass is 10.0. The lowest BCUT2D eigenvalue weighted by molar-refractivity contribution is -0.139. The fraction of sp³-hybridized carbons (Fsp3) is 0.591. The first-order chi connectivity index (χ1) is 12.6. The van der Waals surface area contributed by atoms with E-state index in [0.717, 1.165) is 36.1 Å². The molecule has 4 heteroatoms. The summed E-state index contributed by atoms with van der Waals surface area (Å²) in [5.41, 5.74) is 2.08. The van der Waals surface area contributed by atoms with E-state index in [-0.39, 0.29) is 5.97 Å². The molecule has 0 aliphatic carbocycles. The normalized spacial score (nSPS) is 12.3. The van der Waals surface area contributed by atoms with Gasteiger partial charge in [-0.2, -0.15) is 0 Å². The highest BCUT2D eigenvalue weighted by Crippen LogP contribution is 2.20. The summed E-state index contributed by atoms with van der Waals surface area (Å²) in [4.78, 5) is 12.0. The minimum absolute atomic E-state index is 0.286. The number of hydrogen-bond acceptors (Lipinski definition) is 4. The van der Waals surface area contributed by atoms with Gasteiger partial charge in [0.1, 0.15) is 5.75 Å². The average molecular weight is 363 g/mol. The van der Waals surface area contributed by atoms with Gasteiger partial charge in [-0.1, -0.05) is 39.2 Å². The van der Waals surface area contributed by atoms with E-state index in [1.807, 2.05) is 31.2 Å². The molecule has 0 amide bonds. The molecule has 0 saturated carbocycles. The number of rotatable bonds is 13. The Labute approximate surface area is 158 Å². The number of carbonyl (C=O) groups is 1. The number of benzene rings is 1. The van der Waals surface area contributed by atoms with Crippen molar-refractivity contribution in [2.75, 3.05) is 26.9 Å². The van der Waals surface area contributed by atoms with Gasteiger partial charge in [-0.05, 0) is 55.0 Å². The first kappa shape index (κ1) is 22.2. The van der Waals surface area contributed by atoms with E-state index in [9.17, 15) is 4.79 Å². The van der Waals surface area contributed by atoms with Gasteiger partial charge < -0.3 is 14.2 Å². The maximum absolute atomic E-state index is 12.0. The molecule has 4 nitrogen and oxygen atoms in total. The van der Waals surface area contributed by atoms with Crippen molar-refractivity contribution in [1.29, 1.82) is 0 Å². The fourth-order valence-electron chi connectivity index (χ4n) is 2.72. The van der Waals surface area contributed by atoms with Crippen molar-refractivity contribution in [1.82, 2.24) is 0 Å². The molecule has 1 atom stereocenters. The third-order valence-corrected chi connectivity index (χ3v) is 4.47. The topological polar surface area (TPSA) is 44.8 Å². The zero-order chi connectivity index (χ0) is 19.2. The highest BCUT2D eigenvalue weighted by molar-refractivity contribution is 5.87. The molecule has 0 fully saturated rings. The zero-order valence-corrected chi connectivity index (χ0v) is 16.8. The fourth-order valence-corrected chi connectivity index (χ4v) is 2.72. The van der Waals surface area contributed by atoms with Gasteiger partial charge in [-0.3, -0.25) is 0 Å². The van der Waals surface area contributed by atoms with Gasteiger partial charge in [-0.15, -0.1) is 0 Å². The number of unbranched alkanes of at least 4 members (excludes halogenated alkanes) is 1. The molecule has 1 aromatic rings. The first-order valence-electron chi connectivity index (χ1n) is 9.73. The quantitative estimate of drug-likeness (QED) is 0.280. The molecular weight excluding hydrogens is 328 g/mol. The van der Waals surface area contributed by atoms with Gasteiger partial charge in [0.25, 0.3) is 0 Å². The zero-order valence-electron chi connectivity index (χ0n) is 16.8. The maximum Gasteiger partial charge on any atom is 0.330 e. The number of methoxy groups -OCH3 is 1. The molecular formula is C22H34O4. The molecule has 0 aliphatic heterocycles. The molecule has 1 aromatic carbocycles. The Morgan fingerprint density at radius 2 is 2.04 bits per heavy atom. The molecule has 0 aliphatic rings. The van der Waals surface area contributed by atoms with Crippen molar-refractivity contribution < 1.29 is 19.0 Å². The van der Waals surface area contributed by atoms with Crippen molar-refractivity contribution >= 4 is 12.0 Å². The lowest BCUT2D eigenvalue weighted by Gasteiger charge is -2.13. The Morgan fingerprint density at radius 3 is 2.69 bits per heavy atom. The molecule has 0 radical (unpaired) electrons. The highest BCUT2D eigenvalue weighted by atomic mass is 16.5. The lowest BCUT2D eigenvalue weighted by Crippen LogP contribution is -2.12. The summed E-state index contributed by atoms with van der Waals surface area (Å²) in [6, 6.07) is 5.84. The minimum atomic E-state index is -0.286. The van der Waals surface area contributed by atoms with Gasteiger partial charge >= 0.3 is 5.97 Å². The Bertz CT molecular complexity index is 551. The Balaban J connectivity index is 2.65. The molecule has 0 saturated heterocycles. The average Bonchev–Trinajstić information content (AvgIpc) is 2.67. The van der Waals surface area contributed by atoms with Crippen molar-refractivity contribution in [3.05, 3.63) is 35.4 Å². The predicted molar refractivity (Wildman–Crippen MR) is 106 cm³/mol. The Morgan fingerprint density at radius 1 is 1.23 bits per heavy atom. The standard InChI is InChI=1S/C22H34O4/c1-5-8-9-18(6-2)17-26-22(23)13-11-19-10-12-21(24-4)16-20(19)14-15-25-7-3/h10-13,16,18H,5-9,14-15,17H2,1-4H3. The van der Waals surface area contributed by atoms with E-state index in [1.54, 1.807) is 7.11 Å². The summed E-state index contributed by atoms with van der Waals surface area (Å²) in [5.74, 6) is 0.972. The number of hydrogen-bond donors (Lipinski definition) is 0. The second-order valence-corrected chi connectivity index (χ2v) is 6.39. The molecule has 0 N–H and O–H groups in total. The van der Waals surface area contributed by atoms with Crippen LogP contribution >= 0.6 is 0 Å². The summed E-state index contributed by atoms with van der Waals surface area (Å²) in [7, 11) is 1.65. The van der Waals surface area contributed by atoms with Crippen molar-refractivity contribution in [2.45, 2.75) is 52.9 Å². The van der Waals surface area contributed by atoms with Crippen LogP contribution in [0.25, 0.3) is 6.08 Å². The van der Waals surface area contributed by atoms with Gasteiger partial charge in [0, 0.05) is 12.7 Å². The van der Waals surface area contributed by atoms with Crippen molar-refractivity contribution in [3.63, 3.8) is 0 Å². The van der Waals surface area contributed by atoms with Gasteiger partial charge in [-0.25, -0.2) is 4.79 Å². The second kappa shape index (κ2) is 13.4. The Hall–Kier alpha value is -1.81. The van der Waals surface area contributed by atoms with Gasteiger partial charge in [0.2, 0.25) is 0 Å². The summed E-state index contributed by atoms with van der Waals surface area (Å²) < 4.78 is 16.2. The summed E-state index contributed by atoms with van der Waals surface area (Å²) in [6.45, 7) is 8.14. The molecule has 1 rings (SSSR count). The molecule has 0 heterocycles. The van der Waals surface area contributed by atoms with E-state index in [0.29, 0.717) is 25.7 Å². The van der Waals surface area contributed by atoms with Crippen LogP contribution in [0.4, 0.5) is 0 Å². The van der Waals surface area contributed by atoms with E-state index < -0.39 is 0 Å². The second-order valence-electron chi connectivity index (χ2n) is 6.39. The summed E-state index contributed by atoms with van der Waals surface area (Å²) in [5, 5.41) is 0. The van der Waals surface area contributed by atoms with Crippen LogP contribution in [-0.2, 0) is 20.7 Å². The van der Waals surface area contributed by atoms with E-state index in [1.165, 1.54) is 18.9 Å². The van der Waals surface area contributed by atoms with Gasteiger partial charge in [0.15, 0.2) is 0 Å². The van der Waals surface area contributed by atoms with Crippen molar-refractivity contribution in [3.8, 4) is 5.75 Å². The smallest absolute Gasteiger partial charge is 0.330 e. The third-order valence-electron chi connectivity index (χ3n) is 4.47. The minimum Gasteiger partial charge on any atom is -0.497 e. The van der Waals surface area contributed by atoms with Gasteiger partial charge in [0.05, 0.1) is 20.3 Å². The summed E-state index contributed by atoms with van der Waals surface area (Å²) in [6.07, 6.45) is 8.61. The molecule has 0 aromatic heterocycles. The number of ether oxygens (including phenoxy) is 3. The van der Waals surface area contributed by atoms with E-state index in [2.05, 4.69) is 13.8 Å². The third kappa shape index (κ3) is 8.52. The molecule has 146 valence electrons. The molecule has 0 bridgehead atoms.